The lowest BCUT2D eigenvalue weighted by atomic mass is 10.00. The van der Waals surface area contributed by atoms with E-state index < -0.39 is 11.9 Å². The van der Waals surface area contributed by atoms with Crippen molar-refractivity contribution in [3.05, 3.63) is 12.2 Å². The molecule has 0 radical (unpaired) electrons. The average Bonchev–Trinajstić information content (AvgIpc) is 2.83. The number of carbonyl (C=O) groups is 1. The minimum atomic E-state index is -1.73. The van der Waals surface area contributed by atoms with Crippen LogP contribution in [0.1, 0.15) is 119 Å². The van der Waals surface area contributed by atoms with Crippen LogP contribution < -0.4 is 0 Å². The van der Waals surface area contributed by atoms with Gasteiger partial charge >= 0.3 is 11.9 Å². The molecule has 5 heteroatoms. The summed E-state index contributed by atoms with van der Waals surface area (Å²) in [6.07, 6.45) is 12.8. The minimum Gasteiger partial charge on any atom is -0.478 e. The van der Waals surface area contributed by atoms with E-state index in [9.17, 15) is 9.90 Å². The summed E-state index contributed by atoms with van der Waals surface area (Å²) in [5, 5.41) is 9.87. The topological polar surface area (TPSA) is 65.0 Å². The van der Waals surface area contributed by atoms with Gasteiger partial charge in [0.05, 0.1) is 19.8 Å². The first kappa shape index (κ1) is 32.1. The lowest BCUT2D eigenvalue weighted by molar-refractivity contribution is -0.365. The first-order valence-corrected chi connectivity index (χ1v) is 13.7. The molecule has 3 unspecified atom stereocenters. The van der Waals surface area contributed by atoms with Crippen molar-refractivity contribution in [2.75, 3.05) is 19.8 Å². The summed E-state index contributed by atoms with van der Waals surface area (Å²) in [5.41, 5.74) is -0.163. The number of ether oxygens (including phenoxy) is 3. The van der Waals surface area contributed by atoms with Gasteiger partial charge < -0.3 is 19.3 Å². The molecule has 0 rings (SSSR count). The fourth-order valence-corrected chi connectivity index (χ4v) is 3.89. The number of rotatable bonds is 23. The summed E-state index contributed by atoms with van der Waals surface area (Å²) >= 11 is 0. The van der Waals surface area contributed by atoms with E-state index in [1.807, 2.05) is 0 Å². The van der Waals surface area contributed by atoms with Crippen LogP contribution in [-0.2, 0) is 19.0 Å². The molecule has 1 N–H and O–H groups in total. The number of carboxylic acid groups (broad SMARTS) is 1. The molecule has 0 amide bonds. The van der Waals surface area contributed by atoms with Crippen molar-refractivity contribution in [1.82, 2.24) is 0 Å². The van der Waals surface area contributed by atoms with Gasteiger partial charge in [-0.3, -0.25) is 0 Å². The van der Waals surface area contributed by atoms with E-state index in [0.29, 0.717) is 37.6 Å². The molecule has 0 aromatic carbocycles. The molecule has 0 aliphatic carbocycles. The van der Waals surface area contributed by atoms with Crippen LogP contribution in [0.15, 0.2) is 12.2 Å². The van der Waals surface area contributed by atoms with Crippen LogP contribution in [-0.4, -0.2) is 36.9 Å². The Kier molecular flexibility index (Phi) is 18.9. The van der Waals surface area contributed by atoms with Crippen LogP contribution in [0, 0.1) is 17.8 Å². The maximum atomic E-state index is 12.1. The van der Waals surface area contributed by atoms with E-state index in [1.165, 1.54) is 0 Å². The normalized spacial score (nSPS) is 16.2. The molecule has 0 heterocycles. The summed E-state index contributed by atoms with van der Waals surface area (Å²) in [7, 11) is 0. The first-order chi connectivity index (χ1) is 15.8. The minimum absolute atomic E-state index is 0.163. The van der Waals surface area contributed by atoms with Gasteiger partial charge in [-0.15, -0.1) is 0 Å². The third-order valence-electron chi connectivity index (χ3n) is 6.78. The molecular weight excluding hydrogens is 416 g/mol. The molecular formula is C28H54O5. The second-order valence-corrected chi connectivity index (χ2v) is 9.52. The fourth-order valence-electron chi connectivity index (χ4n) is 3.89. The van der Waals surface area contributed by atoms with E-state index in [4.69, 9.17) is 14.2 Å². The fraction of sp³-hybridized carbons (Fsp3) is 0.893. The van der Waals surface area contributed by atoms with Gasteiger partial charge in [0.1, 0.15) is 5.57 Å². The zero-order valence-electron chi connectivity index (χ0n) is 22.6. The van der Waals surface area contributed by atoms with Crippen LogP contribution in [0.3, 0.4) is 0 Å². The van der Waals surface area contributed by atoms with Crippen molar-refractivity contribution < 1.29 is 24.1 Å². The Morgan fingerprint density at radius 2 is 1.00 bits per heavy atom. The third kappa shape index (κ3) is 12.9. The zero-order valence-corrected chi connectivity index (χ0v) is 22.6. The summed E-state index contributed by atoms with van der Waals surface area (Å²) < 4.78 is 18.8. The van der Waals surface area contributed by atoms with Gasteiger partial charge in [-0.05, 0) is 37.0 Å². The summed E-state index contributed by atoms with van der Waals surface area (Å²) in [5.74, 6) is -1.86. The Morgan fingerprint density at radius 3 is 1.21 bits per heavy atom. The zero-order chi connectivity index (χ0) is 25.1. The van der Waals surface area contributed by atoms with Crippen LogP contribution in [0.5, 0.6) is 0 Å². The highest BCUT2D eigenvalue weighted by Gasteiger charge is 2.43. The maximum absolute atomic E-state index is 12.1. The number of hydrogen-bond acceptors (Lipinski definition) is 4. The lowest BCUT2D eigenvalue weighted by Crippen LogP contribution is -2.46. The Balaban J connectivity index is 5.72. The first-order valence-electron chi connectivity index (χ1n) is 13.7. The monoisotopic (exact) mass is 470 g/mol. The SMILES string of the molecule is C=C(C(=O)O)C(OCC(CC)CCCC)(OCC(CC)CCCC)OCC(CC)CCCC. The summed E-state index contributed by atoms with van der Waals surface area (Å²) in [6, 6.07) is 0. The number of unbranched alkanes of at least 4 members (excludes halogenated alkanes) is 3. The molecule has 0 aromatic rings. The lowest BCUT2D eigenvalue weighted by Gasteiger charge is -2.36. The molecule has 196 valence electrons. The predicted octanol–water partition coefficient (Wildman–Crippen LogP) is 7.98. The molecule has 3 atom stereocenters. The van der Waals surface area contributed by atoms with Gasteiger partial charge in [0.15, 0.2) is 0 Å². The smallest absolute Gasteiger partial charge is 0.339 e. The van der Waals surface area contributed by atoms with Crippen LogP contribution in [0.2, 0.25) is 0 Å². The van der Waals surface area contributed by atoms with E-state index >= 15 is 0 Å². The Bertz CT molecular complexity index is 454. The molecule has 0 bridgehead atoms. The Labute approximate surface area is 204 Å². The van der Waals surface area contributed by atoms with E-state index in [1.54, 1.807) is 0 Å². The standard InChI is InChI=1S/C28H54O5/c1-8-14-17-24(11-4)20-31-28(23(7)27(29)30,32-21-25(12-5)18-15-9-2)33-22-26(13-6)19-16-10-3/h24-26H,7-22H2,1-6H3,(H,29,30). The van der Waals surface area contributed by atoms with Crippen molar-refractivity contribution in [3.8, 4) is 0 Å². The largest absolute Gasteiger partial charge is 0.478 e. The highest BCUT2D eigenvalue weighted by Crippen LogP contribution is 2.30. The van der Waals surface area contributed by atoms with Gasteiger partial charge in [-0.1, -0.05) is 106 Å². The van der Waals surface area contributed by atoms with E-state index in [2.05, 4.69) is 48.1 Å². The van der Waals surface area contributed by atoms with Crippen molar-refractivity contribution in [2.45, 2.75) is 125 Å². The summed E-state index contributed by atoms with van der Waals surface area (Å²) in [6.45, 7) is 18.0. The highest BCUT2D eigenvalue weighted by molar-refractivity contribution is 5.87. The Hall–Kier alpha value is -0.910. The van der Waals surface area contributed by atoms with Crippen molar-refractivity contribution >= 4 is 5.97 Å². The molecule has 0 spiro atoms. The average molecular weight is 471 g/mol. The van der Waals surface area contributed by atoms with E-state index in [-0.39, 0.29) is 5.57 Å². The second kappa shape index (κ2) is 19.4. The molecule has 0 aliphatic heterocycles. The number of aliphatic carboxylic acids is 1. The summed E-state index contributed by atoms with van der Waals surface area (Å²) in [4.78, 5) is 12.1. The second-order valence-electron chi connectivity index (χ2n) is 9.52. The van der Waals surface area contributed by atoms with Gasteiger partial charge in [-0.2, -0.15) is 0 Å². The van der Waals surface area contributed by atoms with Crippen molar-refractivity contribution in [1.29, 1.82) is 0 Å². The molecule has 0 aromatic heterocycles. The third-order valence-corrected chi connectivity index (χ3v) is 6.78. The Morgan fingerprint density at radius 1 is 0.697 bits per heavy atom. The predicted molar refractivity (Wildman–Crippen MR) is 137 cm³/mol. The molecule has 0 saturated heterocycles. The van der Waals surface area contributed by atoms with Gasteiger partial charge in [0.25, 0.3) is 0 Å². The number of hydrogen-bond donors (Lipinski definition) is 1. The molecule has 5 nitrogen and oxygen atoms in total. The van der Waals surface area contributed by atoms with Crippen LogP contribution >= 0.6 is 0 Å². The molecule has 0 saturated carbocycles. The molecule has 0 fully saturated rings. The highest BCUT2D eigenvalue weighted by atomic mass is 16.9. The van der Waals surface area contributed by atoms with Crippen molar-refractivity contribution in [3.63, 3.8) is 0 Å². The van der Waals surface area contributed by atoms with Crippen molar-refractivity contribution in [2.24, 2.45) is 17.8 Å². The number of carboxylic acids is 1. The van der Waals surface area contributed by atoms with Crippen LogP contribution in [0.4, 0.5) is 0 Å². The molecule has 0 aliphatic rings. The maximum Gasteiger partial charge on any atom is 0.339 e. The van der Waals surface area contributed by atoms with Gasteiger partial charge in [0.2, 0.25) is 0 Å². The van der Waals surface area contributed by atoms with E-state index in [0.717, 1.165) is 77.0 Å². The van der Waals surface area contributed by atoms with Gasteiger partial charge in [-0.25, -0.2) is 4.79 Å². The molecule has 33 heavy (non-hydrogen) atoms. The van der Waals surface area contributed by atoms with Gasteiger partial charge in [0, 0.05) is 0 Å². The quantitative estimate of drug-likeness (QED) is 0.121. The van der Waals surface area contributed by atoms with Crippen LogP contribution in [0.25, 0.3) is 0 Å².